The lowest BCUT2D eigenvalue weighted by molar-refractivity contribution is 0.401. The van der Waals surface area contributed by atoms with Crippen molar-refractivity contribution in [2.45, 2.75) is 32.2 Å². The fourth-order valence-electron chi connectivity index (χ4n) is 2.31. The number of hydrogen-bond acceptors (Lipinski definition) is 3. The molecule has 2 nitrogen and oxygen atoms in total. The van der Waals surface area contributed by atoms with E-state index < -0.39 is 0 Å². The summed E-state index contributed by atoms with van der Waals surface area (Å²) < 4.78 is 12.8. The number of aromatic nitrogens is 1. The Labute approximate surface area is 113 Å². The summed E-state index contributed by atoms with van der Waals surface area (Å²) in [6.07, 6.45) is 4.91. The average molecular weight is 268 g/mol. The fraction of sp³-hybridized carbons (Fsp3) is 0.643. The molecule has 0 saturated carbocycles. The Morgan fingerprint density at radius 1 is 1.44 bits per heavy atom. The minimum Gasteiger partial charge on any atom is -0.308 e. The molecule has 0 spiro atoms. The van der Waals surface area contributed by atoms with Gasteiger partial charge in [0.05, 0.1) is 11.9 Å². The van der Waals surface area contributed by atoms with Crippen LogP contribution in [0, 0.1) is 11.7 Å². The van der Waals surface area contributed by atoms with Gasteiger partial charge in [0.25, 0.3) is 0 Å². The summed E-state index contributed by atoms with van der Waals surface area (Å²) >= 11 is 2.05. The highest BCUT2D eigenvalue weighted by molar-refractivity contribution is 7.99. The molecule has 0 bridgehead atoms. The second kappa shape index (κ2) is 7.10. The number of thioether (sulfide) groups is 1. The molecule has 1 fully saturated rings. The maximum absolute atomic E-state index is 12.8. The second-order valence-electron chi connectivity index (χ2n) is 4.83. The van der Waals surface area contributed by atoms with Crippen molar-refractivity contribution >= 4 is 11.8 Å². The highest BCUT2D eigenvalue weighted by Crippen LogP contribution is 2.23. The molecular formula is C14H21FN2S. The summed E-state index contributed by atoms with van der Waals surface area (Å²) in [5, 5.41) is 3.58. The highest BCUT2D eigenvalue weighted by atomic mass is 32.2. The summed E-state index contributed by atoms with van der Waals surface area (Å²) in [5.41, 5.74) is 0.948. The van der Waals surface area contributed by atoms with Crippen molar-refractivity contribution in [3.63, 3.8) is 0 Å². The van der Waals surface area contributed by atoms with Gasteiger partial charge in [0, 0.05) is 6.04 Å². The molecule has 0 amide bonds. The summed E-state index contributed by atoms with van der Waals surface area (Å²) in [4.78, 5) is 4.17. The lowest BCUT2D eigenvalue weighted by Gasteiger charge is -2.24. The van der Waals surface area contributed by atoms with Gasteiger partial charge in [0.15, 0.2) is 0 Å². The first-order valence-corrected chi connectivity index (χ1v) is 7.87. The first-order chi connectivity index (χ1) is 8.79. The van der Waals surface area contributed by atoms with Crippen LogP contribution in [0.25, 0.3) is 0 Å². The standard InChI is InChI=1S/C14H21FN2S/c1-2-13(14-4-3-12(15)10-17-14)16-9-11-5-7-18-8-6-11/h3-4,10-11,13,16H,2,5-9H2,1H3. The first kappa shape index (κ1) is 13.8. The SMILES string of the molecule is CCC(NCC1CCSCC1)c1ccc(F)cn1. The Balaban J connectivity index is 1.86. The molecule has 0 radical (unpaired) electrons. The van der Waals surface area contributed by atoms with Crippen LogP contribution in [0.3, 0.4) is 0 Å². The molecule has 1 aromatic rings. The molecule has 0 aliphatic carbocycles. The molecule has 1 aromatic heterocycles. The molecular weight excluding hydrogens is 247 g/mol. The van der Waals surface area contributed by atoms with Crippen LogP contribution in [0.15, 0.2) is 18.3 Å². The van der Waals surface area contributed by atoms with Crippen molar-refractivity contribution in [1.82, 2.24) is 10.3 Å². The predicted octanol–water partition coefficient (Wildman–Crippen LogP) is 3.40. The van der Waals surface area contributed by atoms with E-state index in [4.69, 9.17) is 0 Å². The first-order valence-electron chi connectivity index (χ1n) is 6.72. The Morgan fingerprint density at radius 2 is 2.22 bits per heavy atom. The van der Waals surface area contributed by atoms with Crippen LogP contribution < -0.4 is 5.32 Å². The molecule has 2 heterocycles. The Morgan fingerprint density at radius 3 is 2.83 bits per heavy atom. The van der Waals surface area contributed by atoms with Gasteiger partial charge in [-0.2, -0.15) is 11.8 Å². The van der Waals surface area contributed by atoms with Crippen molar-refractivity contribution in [3.05, 3.63) is 29.8 Å². The zero-order chi connectivity index (χ0) is 12.8. The van der Waals surface area contributed by atoms with E-state index in [0.29, 0.717) is 0 Å². The summed E-state index contributed by atoms with van der Waals surface area (Å²) in [5.74, 6) is 3.11. The Bertz CT molecular complexity index is 349. The topological polar surface area (TPSA) is 24.9 Å². The van der Waals surface area contributed by atoms with E-state index in [2.05, 4.69) is 29.0 Å². The molecule has 1 N–H and O–H groups in total. The normalized spacial score (nSPS) is 18.8. The maximum Gasteiger partial charge on any atom is 0.141 e. The van der Waals surface area contributed by atoms with Crippen LogP contribution in [-0.4, -0.2) is 23.0 Å². The molecule has 4 heteroatoms. The third kappa shape index (κ3) is 3.95. The lowest BCUT2D eigenvalue weighted by atomic mass is 10.0. The maximum atomic E-state index is 12.8. The van der Waals surface area contributed by atoms with Crippen LogP contribution in [0.2, 0.25) is 0 Å². The van der Waals surface area contributed by atoms with Crippen molar-refractivity contribution in [3.8, 4) is 0 Å². The van der Waals surface area contributed by atoms with Crippen LogP contribution in [0.4, 0.5) is 4.39 Å². The number of halogens is 1. The van der Waals surface area contributed by atoms with Gasteiger partial charge in [-0.3, -0.25) is 4.98 Å². The number of nitrogens with one attached hydrogen (secondary N) is 1. The number of nitrogens with zero attached hydrogens (tertiary/aromatic N) is 1. The van der Waals surface area contributed by atoms with E-state index in [-0.39, 0.29) is 11.9 Å². The molecule has 1 saturated heterocycles. The van der Waals surface area contributed by atoms with Crippen LogP contribution >= 0.6 is 11.8 Å². The molecule has 100 valence electrons. The molecule has 2 rings (SSSR count). The number of pyridine rings is 1. The third-order valence-corrected chi connectivity index (χ3v) is 4.56. The van der Waals surface area contributed by atoms with Gasteiger partial charge in [-0.15, -0.1) is 0 Å². The van der Waals surface area contributed by atoms with Gasteiger partial charge in [-0.1, -0.05) is 6.92 Å². The summed E-state index contributed by atoms with van der Waals surface area (Å²) in [6.45, 7) is 3.19. The van der Waals surface area contributed by atoms with Gasteiger partial charge in [0.2, 0.25) is 0 Å². The third-order valence-electron chi connectivity index (χ3n) is 3.51. The molecule has 1 atom stereocenters. The molecule has 1 aliphatic rings. The van der Waals surface area contributed by atoms with Gasteiger partial charge < -0.3 is 5.32 Å². The van der Waals surface area contributed by atoms with E-state index in [1.165, 1.54) is 36.6 Å². The summed E-state index contributed by atoms with van der Waals surface area (Å²) in [7, 11) is 0. The average Bonchev–Trinajstić information content (AvgIpc) is 2.42. The van der Waals surface area contributed by atoms with Crippen molar-refractivity contribution < 1.29 is 4.39 Å². The Kier molecular flexibility index (Phi) is 5.45. The van der Waals surface area contributed by atoms with Crippen molar-refractivity contribution in [2.24, 2.45) is 5.92 Å². The molecule has 18 heavy (non-hydrogen) atoms. The Hall–Kier alpha value is -0.610. The number of hydrogen-bond donors (Lipinski definition) is 1. The zero-order valence-corrected chi connectivity index (χ0v) is 11.7. The fourth-order valence-corrected chi connectivity index (χ4v) is 3.52. The van der Waals surface area contributed by atoms with E-state index in [1.807, 2.05) is 0 Å². The number of rotatable bonds is 5. The largest absolute Gasteiger partial charge is 0.308 e. The van der Waals surface area contributed by atoms with E-state index >= 15 is 0 Å². The second-order valence-corrected chi connectivity index (χ2v) is 6.05. The monoisotopic (exact) mass is 268 g/mol. The van der Waals surface area contributed by atoms with Gasteiger partial charge in [-0.05, 0) is 55.4 Å². The molecule has 1 aliphatic heterocycles. The smallest absolute Gasteiger partial charge is 0.141 e. The van der Waals surface area contributed by atoms with Gasteiger partial charge >= 0.3 is 0 Å². The van der Waals surface area contributed by atoms with E-state index in [9.17, 15) is 4.39 Å². The summed E-state index contributed by atoms with van der Waals surface area (Å²) in [6, 6.07) is 3.53. The molecule has 1 unspecified atom stereocenters. The van der Waals surface area contributed by atoms with Crippen LogP contribution in [0.5, 0.6) is 0 Å². The quantitative estimate of drug-likeness (QED) is 0.886. The van der Waals surface area contributed by atoms with Crippen LogP contribution in [-0.2, 0) is 0 Å². The highest BCUT2D eigenvalue weighted by Gasteiger charge is 2.16. The van der Waals surface area contributed by atoms with Gasteiger partial charge in [0.1, 0.15) is 5.82 Å². The van der Waals surface area contributed by atoms with Crippen molar-refractivity contribution in [2.75, 3.05) is 18.1 Å². The molecule has 0 aromatic carbocycles. The minimum atomic E-state index is -0.266. The zero-order valence-electron chi connectivity index (χ0n) is 10.9. The van der Waals surface area contributed by atoms with E-state index in [0.717, 1.165) is 24.6 Å². The lowest BCUT2D eigenvalue weighted by Crippen LogP contribution is -2.29. The van der Waals surface area contributed by atoms with Crippen LogP contribution in [0.1, 0.15) is 37.9 Å². The minimum absolute atomic E-state index is 0.250. The predicted molar refractivity (Wildman–Crippen MR) is 75.3 cm³/mol. The van der Waals surface area contributed by atoms with Gasteiger partial charge in [-0.25, -0.2) is 4.39 Å². The van der Waals surface area contributed by atoms with Crippen molar-refractivity contribution in [1.29, 1.82) is 0 Å². The van der Waals surface area contributed by atoms with E-state index in [1.54, 1.807) is 6.07 Å².